The molecule has 2 amide bonds. The van der Waals surface area contributed by atoms with E-state index >= 15 is 0 Å². The van der Waals surface area contributed by atoms with Gasteiger partial charge in [-0.2, -0.15) is 9.36 Å². The fourth-order valence-electron chi connectivity index (χ4n) is 4.10. The first-order valence-corrected chi connectivity index (χ1v) is 12.9. The number of carboxylic acids is 1. The normalized spacial score (nSPS) is 22.7. The maximum absolute atomic E-state index is 13.1. The zero-order valence-electron chi connectivity index (χ0n) is 19.2. The van der Waals surface area contributed by atoms with E-state index in [1.165, 1.54) is 16.7 Å². The number of halogens is 1. The topological polar surface area (TPSA) is 164 Å². The lowest BCUT2D eigenvalue weighted by Crippen LogP contribution is -3.00. The SMILES string of the molecule is Nc1nc(C(=NOC2C=CCC2)C(=O)NC2C(=O)N3C(C(=O)O)=C(C[n+]4ccccc4)CS[C@@H]23)ns1.[I-]. The van der Waals surface area contributed by atoms with E-state index in [0.717, 1.165) is 24.4 Å². The molecule has 12 nitrogen and oxygen atoms in total. The predicted molar refractivity (Wildman–Crippen MR) is 130 cm³/mol. The number of nitrogens with zero attached hydrogens (tertiary/aromatic N) is 5. The minimum atomic E-state index is -1.19. The molecule has 0 radical (unpaired) electrons. The van der Waals surface area contributed by atoms with Crippen molar-refractivity contribution >= 4 is 51.9 Å². The summed E-state index contributed by atoms with van der Waals surface area (Å²) in [4.78, 5) is 49.0. The lowest BCUT2D eigenvalue weighted by Gasteiger charge is -2.49. The molecule has 1 saturated heterocycles. The molecule has 0 bridgehead atoms. The van der Waals surface area contributed by atoms with E-state index in [1.807, 2.05) is 47.3 Å². The number of fused-ring (bicyclic) bond motifs is 1. The number of nitrogen functional groups attached to an aromatic ring is 1. The monoisotopic (exact) mass is 655 g/mol. The molecule has 3 atom stereocenters. The Balaban J connectivity index is 0.00000320. The summed E-state index contributed by atoms with van der Waals surface area (Å²) >= 11 is 2.29. The van der Waals surface area contributed by atoms with Crippen molar-refractivity contribution in [3.05, 3.63) is 59.8 Å². The number of carbonyl (C=O) groups excluding carboxylic acids is 2. The van der Waals surface area contributed by atoms with Gasteiger partial charge in [-0.3, -0.25) is 14.5 Å². The number of pyridine rings is 1. The summed E-state index contributed by atoms with van der Waals surface area (Å²) in [6.45, 7) is 0.337. The van der Waals surface area contributed by atoms with Crippen molar-refractivity contribution < 1.29 is 52.9 Å². The van der Waals surface area contributed by atoms with Gasteiger partial charge in [-0.05, 0) is 18.9 Å². The number of aliphatic carboxylic acids is 1. The van der Waals surface area contributed by atoms with Crippen LogP contribution in [-0.2, 0) is 25.8 Å². The molecule has 2 aromatic rings. The second-order valence-corrected chi connectivity index (χ2v) is 10.1. The fourth-order valence-corrected chi connectivity index (χ4v) is 5.87. The first-order chi connectivity index (χ1) is 17.4. The van der Waals surface area contributed by atoms with Gasteiger partial charge in [0.05, 0.1) is 0 Å². The van der Waals surface area contributed by atoms with Gasteiger partial charge in [0.15, 0.2) is 24.1 Å². The molecule has 0 spiro atoms. The van der Waals surface area contributed by atoms with Gasteiger partial charge in [-0.25, -0.2) is 9.36 Å². The van der Waals surface area contributed by atoms with Crippen LogP contribution in [0.25, 0.3) is 0 Å². The molecule has 3 aliphatic rings. The summed E-state index contributed by atoms with van der Waals surface area (Å²) in [6.07, 6.45) is 8.76. The number of anilines is 1. The van der Waals surface area contributed by atoms with E-state index in [4.69, 9.17) is 10.6 Å². The Bertz CT molecular complexity index is 1300. The number of amides is 2. The number of hydrogen-bond acceptors (Lipinski definition) is 10. The molecule has 2 aromatic heterocycles. The number of carboxylic acid groups (broad SMARTS) is 1. The van der Waals surface area contributed by atoms with Crippen molar-refractivity contribution in [2.45, 2.75) is 36.9 Å². The third kappa shape index (κ3) is 5.62. The molecule has 5 rings (SSSR count). The zero-order chi connectivity index (χ0) is 25.2. The van der Waals surface area contributed by atoms with Gasteiger partial charge in [0.1, 0.15) is 23.2 Å². The number of oxime groups is 1. The van der Waals surface area contributed by atoms with Gasteiger partial charge < -0.3 is 45.0 Å². The summed E-state index contributed by atoms with van der Waals surface area (Å²) in [5.74, 6) is -2.03. The van der Waals surface area contributed by atoms with E-state index in [1.54, 1.807) is 0 Å². The van der Waals surface area contributed by atoms with Crippen molar-refractivity contribution in [3.8, 4) is 0 Å². The third-order valence-corrected chi connectivity index (χ3v) is 7.69. The van der Waals surface area contributed by atoms with Crippen molar-refractivity contribution in [2.75, 3.05) is 11.5 Å². The summed E-state index contributed by atoms with van der Waals surface area (Å²) < 4.78 is 5.89. The highest BCUT2D eigenvalue weighted by molar-refractivity contribution is 8.00. The highest BCUT2D eigenvalue weighted by atomic mass is 127. The summed E-state index contributed by atoms with van der Waals surface area (Å²) in [7, 11) is 0. The Kier molecular flexibility index (Phi) is 8.43. The van der Waals surface area contributed by atoms with Crippen LogP contribution in [0.3, 0.4) is 0 Å². The Morgan fingerprint density at radius 3 is 2.76 bits per heavy atom. The molecule has 2 unspecified atom stereocenters. The molecule has 0 saturated carbocycles. The highest BCUT2D eigenvalue weighted by Crippen LogP contribution is 2.40. The lowest BCUT2D eigenvalue weighted by atomic mass is 10.0. The number of nitrogens with one attached hydrogen (secondary N) is 1. The molecular weight excluding hydrogens is 633 g/mol. The molecule has 4 N–H and O–H groups in total. The van der Waals surface area contributed by atoms with Crippen LogP contribution < -0.4 is 39.6 Å². The van der Waals surface area contributed by atoms with E-state index < -0.39 is 29.2 Å². The third-order valence-electron chi connectivity index (χ3n) is 5.80. The van der Waals surface area contributed by atoms with Crippen LogP contribution in [0.2, 0.25) is 0 Å². The number of thioether (sulfide) groups is 1. The van der Waals surface area contributed by atoms with Crippen molar-refractivity contribution in [1.29, 1.82) is 0 Å². The van der Waals surface area contributed by atoms with E-state index in [-0.39, 0.29) is 52.4 Å². The number of β-lactam (4-membered cyclic amide) rings is 1. The van der Waals surface area contributed by atoms with E-state index in [9.17, 15) is 19.5 Å². The van der Waals surface area contributed by atoms with Crippen LogP contribution in [0, 0.1) is 0 Å². The molecule has 194 valence electrons. The molecule has 15 heteroatoms. The predicted octanol–water partition coefficient (Wildman–Crippen LogP) is -2.71. The van der Waals surface area contributed by atoms with Gasteiger partial charge in [-0.1, -0.05) is 17.3 Å². The minimum Gasteiger partial charge on any atom is -1.00 e. The number of hydrogen-bond donors (Lipinski definition) is 3. The first-order valence-electron chi connectivity index (χ1n) is 11.1. The Labute approximate surface area is 236 Å². The average Bonchev–Trinajstić information content (AvgIpc) is 3.55. The average molecular weight is 656 g/mol. The number of aromatic nitrogens is 3. The Morgan fingerprint density at radius 2 is 2.11 bits per heavy atom. The Hall–Kier alpha value is -3.05. The Morgan fingerprint density at radius 1 is 1.32 bits per heavy atom. The maximum atomic E-state index is 13.1. The summed E-state index contributed by atoms with van der Waals surface area (Å²) in [5, 5.41) is 16.1. The molecule has 0 aromatic carbocycles. The molecule has 1 fully saturated rings. The van der Waals surface area contributed by atoms with Gasteiger partial charge in [0.2, 0.25) is 11.5 Å². The van der Waals surface area contributed by atoms with Crippen LogP contribution in [0.4, 0.5) is 5.13 Å². The maximum Gasteiger partial charge on any atom is 0.352 e. The van der Waals surface area contributed by atoms with Crippen molar-refractivity contribution in [1.82, 2.24) is 19.6 Å². The number of carbonyl (C=O) groups is 3. The van der Waals surface area contributed by atoms with Crippen LogP contribution in [-0.4, -0.2) is 66.1 Å². The van der Waals surface area contributed by atoms with Crippen LogP contribution in [0.5, 0.6) is 0 Å². The number of nitrogens with two attached hydrogens (primary N) is 1. The molecular formula is C22H22IN7O5S2. The van der Waals surface area contributed by atoms with Crippen LogP contribution in [0.15, 0.2) is 59.2 Å². The highest BCUT2D eigenvalue weighted by Gasteiger charge is 2.54. The van der Waals surface area contributed by atoms with Gasteiger partial charge in [-0.15, -0.1) is 11.8 Å². The molecule has 2 aliphatic heterocycles. The van der Waals surface area contributed by atoms with Crippen molar-refractivity contribution in [2.24, 2.45) is 5.16 Å². The standard InChI is InChI=1S/C22H21N7O5S2.HI/c23-22-25-17(27-36-22)14(26-34-13-6-2-3-7-13)18(30)24-15-19(31)29-16(21(32)33)12(11-35-20(15)29)10-28-8-4-1-5-9-28;/h1-2,4-6,8-9,13,15,20H,3,7,10-11H2,(H3-,23,24,25,27,30,32,33);1H/t13?,15?,20-;/m0./s1. The second kappa shape index (κ2) is 11.6. The minimum absolute atomic E-state index is 0. The zero-order valence-corrected chi connectivity index (χ0v) is 23.0. The summed E-state index contributed by atoms with van der Waals surface area (Å²) in [6, 6.07) is 4.62. The number of rotatable bonds is 8. The van der Waals surface area contributed by atoms with Gasteiger partial charge in [0.25, 0.3) is 11.8 Å². The quantitative estimate of drug-likeness (QED) is 0.0686. The fraction of sp³-hybridized carbons (Fsp3) is 0.318. The van der Waals surface area contributed by atoms with E-state index in [2.05, 4.69) is 19.8 Å². The number of allylic oxidation sites excluding steroid dienone is 1. The lowest BCUT2D eigenvalue weighted by molar-refractivity contribution is -0.689. The van der Waals surface area contributed by atoms with Crippen LogP contribution in [0.1, 0.15) is 18.7 Å². The van der Waals surface area contributed by atoms with E-state index in [0.29, 0.717) is 17.9 Å². The van der Waals surface area contributed by atoms with Crippen LogP contribution >= 0.6 is 23.3 Å². The van der Waals surface area contributed by atoms with Crippen molar-refractivity contribution in [3.63, 3.8) is 0 Å². The second-order valence-electron chi connectivity index (χ2n) is 8.21. The largest absolute Gasteiger partial charge is 1.00 e. The van der Waals surface area contributed by atoms with Gasteiger partial charge in [0, 0.05) is 35.0 Å². The van der Waals surface area contributed by atoms with Gasteiger partial charge >= 0.3 is 5.97 Å². The smallest absolute Gasteiger partial charge is 0.352 e. The summed E-state index contributed by atoms with van der Waals surface area (Å²) in [5.41, 5.74) is 6.03. The molecule has 37 heavy (non-hydrogen) atoms. The molecule has 1 aliphatic carbocycles. The molecule has 4 heterocycles. The first kappa shape index (κ1) is 27.0.